The molecule has 0 aliphatic heterocycles. The second kappa shape index (κ2) is 13.7. The lowest BCUT2D eigenvalue weighted by Gasteiger charge is -2.24. The minimum absolute atomic E-state index is 0.954. The van der Waals surface area contributed by atoms with Crippen LogP contribution in [0.25, 0.3) is 0 Å². The average molecular weight is 553 g/mol. The summed E-state index contributed by atoms with van der Waals surface area (Å²) in [7, 11) is 0. The molecule has 0 amide bonds. The maximum absolute atomic E-state index is 2.39. The van der Waals surface area contributed by atoms with E-state index in [1.165, 1.54) is 0 Å². The second-order valence-corrected chi connectivity index (χ2v) is 18.3. The van der Waals surface area contributed by atoms with Crippen LogP contribution in [-0.2, 0) is 0 Å². The van der Waals surface area contributed by atoms with Gasteiger partial charge in [0.15, 0.2) is 0 Å². The smallest absolute Gasteiger partial charge is 0.0360 e. The van der Waals surface area contributed by atoms with Crippen molar-refractivity contribution >= 4 is 0 Å². The van der Waals surface area contributed by atoms with Gasteiger partial charge in [0.1, 0.15) is 0 Å². The Balaban J connectivity index is 0.000000108. The highest BCUT2D eigenvalue weighted by Gasteiger charge is 2.42. The van der Waals surface area contributed by atoms with Crippen molar-refractivity contribution in [3.63, 3.8) is 0 Å². The van der Waals surface area contributed by atoms with E-state index in [0.717, 1.165) is 94.7 Å². The standard InChI is InChI=1S/4C10H18/c4*1-7(2)10-6-8-3-4-9(10)5-8/h4*7-10H,3-6H2,1-2H3/t2*8-,9+,10+;2*8-,9+,10-/m1010/s1. The summed E-state index contributed by atoms with van der Waals surface area (Å²) >= 11 is 0. The van der Waals surface area contributed by atoms with Crippen molar-refractivity contribution in [1.82, 2.24) is 0 Å². The molecule has 8 aliphatic carbocycles. The highest BCUT2D eigenvalue weighted by atomic mass is 14.5. The minimum Gasteiger partial charge on any atom is -0.0625 e. The summed E-state index contributed by atoms with van der Waals surface area (Å²) in [5, 5.41) is 0. The summed E-state index contributed by atoms with van der Waals surface area (Å²) < 4.78 is 0. The zero-order valence-corrected chi connectivity index (χ0v) is 28.6. The lowest BCUT2D eigenvalue weighted by molar-refractivity contribution is 0.256. The molecule has 12 atom stereocenters. The van der Waals surface area contributed by atoms with Crippen molar-refractivity contribution < 1.29 is 0 Å². The summed E-state index contributed by atoms with van der Waals surface area (Å²) in [6.45, 7) is 19.2. The molecule has 0 aromatic heterocycles. The topological polar surface area (TPSA) is 0 Å². The van der Waals surface area contributed by atoms with Crippen molar-refractivity contribution in [1.29, 1.82) is 0 Å². The third kappa shape index (κ3) is 7.37. The Hall–Kier alpha value is 0. The quantitative estimate of drug-likeness (QED) is 0.325. The maximum atomic E-state index is 2.39. The molecule has 0 aromatic rings. The molecule has 8 saturated carbocycles. The van der Waals surface area contributed by atoms with Gasteiger partial charge in [-0.25, -0.2) is 0 Å². The Bertz CT molecular complexity index is 632. The Kier molecular flexibility index (Phi) is 10.8. The molecule has 0 spiro atoms. The van der Waals surface area contributed by atoms with Gasteiger partial charge in [0.2, 0.25) is 0 Å². The third-order valence-electron chi connectivity index (χ3n) is 14.6. The lowest BCUT2D eigenvalue weighted by Crippen LogP contribution is -2.15. The minimum atomic E-state index is 0.954. The van der Waals surface area contributed by atoms with Crippen LogP contribution in [0.1, 0.15) is 158 Å². The summed E-state index contributed by atoms with van der Waals surface area (Å²) in [5.74, 6) is 17.3. The van der Waals surface area contributed by atoms with Gasteiger partial charge in [0, 0.05) is 0 Å². The zero-order valence-electron chi connectivity index (χ0n) is 28.6. The predicted molar refractivity (Wildman–Crippen MR) is 175 cm³/mol. The number of fused-ring (bicyclic) bond motifs is 8. The van der Waals surface area contributed by atoms with E-state index in [-0.39, 0.29) is 0 Å². The fraction of sp³-hybridized carbons (Fsp3) is 1.00. The molecule has 8 bridgehead atoms. The van der Waals surface area contributed by atoms with Crippen molar-refractivity contribution in [2.45, 2.75) is 158 Å². The van der Waals surface area contributed by atoms with Gasteiger partial charge in [-0.2, -0.15) is 0 Å². The van der Waals surface area contributed by atoms with Gasteiger partial charge in [-0.3, -0.25) is 0 Å². The monoisotopic (exact) mass is 553 g/mol. The molecule has 232 valence electrons. The van der Waals surface area contributed by atoms with E-state index in [1.807, 2.05) is 0 Å². The maximum Gasteiger partial charge on any atom is -0.0360 e. The Morgan fingerprint density at radius 1 is 0.275 bits per heavy atom. The molecule has 0 aromatic carbocycles. The molecule has 8 rings (SSSR count). The first-order valence-electron chi connectivity index (χ1n) is 19.1. The van der Waals surface area contributed by atoms with Crippen LogP contribution in [0.4, 0.5) is 0 Å². The van der Waals surface area contributed by atoms with Gasteiger partial charge in [-0.05, 0) is 172 Å². The van der Waals surface area contributed by atoms with E-state index >= 15 is 0 Å². The van der Waals surface area contributed by atoms with E-state index in [9.17, 15) is 0 Å². The number of hydrogen-bond acceptors (Lipinski definition) is 0. The molecular weight excluding hydrogens is 480 g/mol. The van der Waals surface area contributed by atoms with Crippen molar-refractivity contribution in [2.75, 3.05) is 0 Å². The third-order valence-corrected chi connectivity index (χ3v) is 14.6. The first-order chi connectivity index (χ1) is 19.1. The van der Waals surface area contributed by atoms with E-state index < -0.39 is 0 Å². The zero-order chi connectivity index (χ0) is 28.6. The van der Waals surface area contributed by atoms with Gasteiger partial charge >= 0.3 is 0 Å². The highest BCUT2D eigenvalue weighted by molar-refractivity contribution is 4.93. The largest absolute Gasteiger partial charge is 0.0625 e. The molecule has 0 unspecified atom stereocenters. The van der Waals surface area contributed by atoms with Crippen molar-refractivity contribution in [2.24, 2.45) is 94.7 Å². The number of rotatable bonds is 4. The van der Waals surface area contributed by atoms with E-state index in [1.54, 1.807) is 103 Å². The molecule has 0 nitrogen and oxygen atoms in total. The fourth-order valence-corrected chi connectivity index (χ4v) is 12.4. The predicted octanol–water partition coefficient (Wildman–Crippen LogP) is 12.3. The average Bonchev–Trinajstić information content (AvgIpc) is 3.80. The van der Waals surface area contributed by atoms with Gasteiger partial charge < -0.3 is 0 Å². The molecule has 0 heterocycles. The summed E-state index contributed by atoms with van der Waals surface area (Å²) in [6, 6.07) is 0. The molecule has 8 aliphatic rings. The molecule has 0 heteroatoms. The first kappa shape index (κ1) is 31.4. The van der Waals surface area contributed by atoms with Crippen LogP contribution in [0.5, 0.6) is 0 Å². The van der Waals surface area contributed by atoms with Crippen LogP contribution in [0.15, 0.2) is 0 Å². The van der Waals surface area contributed by atoms with Gasteiger partial charge in [0.25, 0.3) is 0 Å². The molecule has 0 N–H and O–H groups in total. The Labute approximate surface area is 252 Å². The highest BCUT2D eigenvalue weighted by Crippen LogP contribution is 2.53. The molecule has 8 fully saturated rings. The van der Waals surface area contributed by atoms with E-state index in [4.69, 9.17) is 0 Å². The van der Waals surface area contributed by atoms with Crippen molar-refractivity contribution in [3.05, 3.63) is 0 Å². The van der Waals surface area contributed by atoms with Crippen LogP contribution in [0.2, 0.25) is 0 Å². The van der Waals surface area contributed by atoms with Crippen LogP contribution in [0, 0.1) is 94.7 Å². The van der Waals surface area contributed by atoms with Crippen LogP contribution >= 0.6 is 0 Å². The van der Waals surface area contributed by atoms with Gasteiger partial charge in [-0.1, -0.05) is 81.1 Å². The normalized spacial score (nSPS) is 45.3. The van der Waals surface area contributed by atoms with Gasteiger partial charge in [0.05, 0.1) is 0 Å². The Morgan fingerprint density at radius 2 is 0.475 bits per heavy atom. The fourth-order valence-electron chi connectivity index (χ4n) is 12.4. The molecule has 40 heavy (non-hydrogen) atoms. The number of hydrogen-bond donors (Lipinski definition) is 0. The summed E-state index contributed by atoms with van der Waals surface area (Å²) in [4.78, 5) is 0. The van der Waals surface area contributed by atoms with E-state index in [2.05, 4.69) is 55.4 Å². The SMILES string of the molecule is CC(C)[C@@H]1C[C@@H]2CC[C@H]1C2.CC(C)[C@@H]1C[C@H]2CC[C@@H]1C2.CC(C)[C@H]1C[C@@H]2CC[C@H]1C2.CC(C)[C@H]1C[C@H]2CC[C@@H]1C2. The van der Waals surface area contributed by atoms with Crippen LogP contribution in [0.3, 0.4) is 0 Å². The lowest BCUT2D eigenvalue weighted by atomic mass is 9.81. The molecular formula is C40H72. The molecule has 0 radical (unpaired) electrons. The van der Waals surface area contributed by atoms with Gasteiger partial charge in [-0.15, -0.1) is 0 Å². The van der Waals surface area contributed by atoms with E-state index in [0.29, 0.717) is 0 Å². The molecule has 0 saturated heterocycles. The Morgan fingerprint density at radius 3 is 0.550 bits per heavy atom. The van der Waals surface area contributed by atoms with Crippen LogP contribution in [-0.4, -0.2) is 0 Å². The van der Waals surface area contributed by atoms with Crippen molar-refractivity contribution in [3.8, 4) is 0 Å². The van der Waals surface area contributed by atoms with Crippen LogP contribution < -0.4 is 0 Å². The second-order valence-electron chi connectivity index (χ2n) is 18.3. The summed E-state index contributed by atoms with van der Waals surface area (Å²) in [6.07, 6.45) is 24.9. The summed E-state index contributed by atoms with van der Waals surface area (Å²) in [5.41, 5.74) is 0. The first-order valence-corrected chi connectivity index (χ1v) is 19.1.